The SMILES string of the molecule is C/C(Cl)=C\Cc1cc(S(=O)N2CCN(Cc3ccc(C(=N)N(C)CCc4ccccc4)cc3)C(=O)C2)[nH]c1C. The molecular formula is C30H36ClN5O2S. The zero-order valence-electron chi connectivity index (χ0n) is 22.7. The topological polar surface area (TPSA) is 83.5 Å². The second-order valence-corrected chi connectivity index (χ2v) is 12.0. The van der Waals surface area contributed by atoms with Crippen molar-refractivity contribution in [1.29, 1.82) is 5.41 Å². The number of amides is 1. The summed E-state index contributed by atoms with van der Waals surface area (Å²) in [6.45, 7) is 6.18. The van der Waals surface area contributed by atoms with Gasteiger partial charge in [-0.3, -0.25) is 10.2 Å². The minimum absolute atomic E-state index is 0.0451. The van der Waals surface area contributed by atoms with Gasteiger partial charge in [-0.05, 0) is 49.4 Å². The number of nitrogens with one attached hydrogen (secondary N) is 2. The zero-order valence-corrected chi connectivity index (χ0v) is 24.3. The van der Waals surface area contributed by atoms with Gasteiger partial charge in [0, 0.05) is 49.5 Å². The number of piperazine rings is 1. The Morgan fingerprint density at radius 1 is 1.13 bits per heavy atom. The first-order valence-corrected chi connectivity index (χ1v) is 14.6. The number of H-pyrrole nitrogens is 1. The Morgan fingerprint density at radius 3 is 2.51 bits per heavy atom. The lowest BCUT2D eigenvalue weighted by Crippen LogP contribution is -2.50. The van der Waals surface area contributed by atoms with Crippen LogP contribution in [0.5, 0.6) is 0 Å². The van der Waals surface area contributed by atoms with Crippen LogP contribution in [-0.2, 0) is 35.2 Å². The predicted octanol–water partition coefficient (Wildman–Crippen LogP) is 4.88. The number of halogens is 1. The fourth-order valence-electron chi connectivity index (χ4n) is 4.52. The van der Waals surface area contributed by atoms with Gasteiger partial charge in [0.05, 0.1) is 6.54 Å². The Hall–Kier alpha value is -3.20. The third kappa shape index (κ3) is 7.68. The van der Waals surface area contributed by atoms with E-state index in [0.29, 0.717) is 36.9 Å². The van der Waals surface area contributed by atoms with Gasteiger partial charge >= 0.3 is 0 Å². The summed E-state index contributed by atoms with van der Waals surface area (Å²) >= 11 is 5.95. The normalized spacial score (nSPS) is 15.4. The van der Waals surface area contributed by atoms with E-state index < -0.39 is 11.0 Å². The van der Waals surface area contributed by atoms with Crippen LogP contribution in [0.4, 0.5) is 0 Å². The number of likely N-dealkylation sites (N-methyl/N-ethyl adjacent to an activating group) is 1. The Morgan fingerprint density at radius 2 is 1.85 bits per heavy atom. The lowest BCUT2D eigenvalue weighted by atomic mass is 10.1. The molecule has 0 spiro atoms. The number of benzene rings is 2. The summed E-state index contributed by atoms with van der Waals surface area (Å²) in [6, 6.07) is 20.0. The van der Waals surface area contributed by atoms with Crippen molar-refractivity contribution in [1.82, 2.24) is 19.1 Å². The molecule has 2 aromatic carbocycles. The van der Waals surface area contributed by atoms with Gasteiger partial charge in [-0.1, -0.05) is 72.3 Å². The first kappa shape index (κ1) is 28.8. The molecule has 0 saturated carbocycles. The van der Waals surface area contributed by atoms with Crippen LogP contribution in [0.15, 0.2) is 76.8 Å². The molecule has 1 aromatic heterocycles. The third-order valence-electron chi connectivity index (χ3n) is 6.97. The van der Waals surface area contributed by atoms with Crippen molar-refractivity contribution in [2.24, 2.45) is 0 Å². The maximum atomic E-state index is 13.2. The quantitative estimate of drug-likeness (QED) is 0.272. The number of aromatic nitrogens is 1. The second kappa shape index (κ2) is 13.2. The summed E-state index contributed by atoms with van der Waals surface area (Å²) < 4.78 is 14.9. The number of carbonyl (C=O) groups excluding carboxylic acids is 1. The minimum atomic E-state index is -1.43. The highest BCUT2D eigenvalue weighted by molar-refractivity contribution is 7.82. The van der Waals surface area contributed by atoms with Crippen LogP contribution in [0.3, 0.4) is 0 Å². The van der Waals surface area contributed by atoms with E-state index >= 15 is 0 Å². The summed E-state index contributed by atoms with van der Waals surface area (Å²) in [5.74, 6) is 0.428. The van der Waals surface area contributed by atoms with E-state index in [1.54, 1.807) is 9.21 Å². The van der Waals surface area contributed by atoms with Gasteiger partial charge in [-0.25, -0.2) is 8.51 Å². The van der Waals surface area contributed by atoms with E-state index in [-0.39, 0.29) is 12.5 Å². The lowest BCUT2D eigenvalue weighted by Gasteiger charge is -2.33. The smallest absolute Gasteiger partial charge is 0.238 e. The molecule has 0 radical (unpaired) electrons. The molecule has 1 amide bonds. The largest absolute Gasteiger partial charge is 0.359 e. The molecule has 1 saturated heterocycles. The summed E-state index contributed by atoms with van der Waals surface area (Å²) in [7, 11) is 0.504. The minimum Gasteiger partial charge on any atom is -0.359 e. The number of aromatic amines is 1. The highest BCUT2D eigenvalue weighted by Crippen LogP contribution is 2.20. The highest BCUT2D eigenvalue weighted by Gasteiger charge is 2.29. The summed E-state index contributed by atoms with van der Waals surface area (Å²) in [4.78, 5) is 19.9. The van der Waals surface area contributed by atoms with Gasteiger partial charge in [-0.2, -0.15) is 0 Å². The summed E-state index contributed by atoms with van der Waals surface area (Å²) in [5.41, 5.74) is 5.11. The predicted molar refractivity (Wildman–Crippen MR) is 158 cm³/mol. The summed E-state index contributed by atoms with van der Waals surface area (Å²) in [6.07, 6.45) is 3.47. The van der Waals surface area contributed by atoms with Crippen LogP contribution >= 0.6 is 11.6 Å². The first-order chi connectivity index (χ1) is 18.7. The maximum Gasteiger partial charge on any atom is 0.238 e. The molecule has 3 aromatic rings. The van der Waals surface area contributed by atoms with E-state index in [0.717, 1.165) is 40.4 Å². The van der Waals surface area contributed by atoms with E-state index in [2.05, 4.69) is 17.1 Å². The molecular weight excluding hydrogens is 530 g/mol. The van der Waals surface area contributed by atoms with Crippen LogP contribution < -0.4 is 0 Å². The number of allylic oxidation sites excluding steroid dienone is 2. The monoisotopic (exact) mass is 565 g/mol. The van der Waals surface area contributed by atoms with Crippen molar-refractivity contribution in [2.45, 2.75) is 38.3 Å². The molecule has 2 heterocycles. The average Bonchev–Trinajstić information content (AvgIpc) is 3.32. The zero-order chi connectivity index (χ0) is 27.9. The molecule has 1 atom stereocenters. The van der Waals surface area contributed by atoms with Gasteiger partial charge in [-0.15, -0.1) is 0 Å². The molecule has 4 rings (SSSR count). The van der Waals surface area contributed by atoms with Crippen LogP contribution in [0.1, 0.15) is 34.9 Å². The fourth-order valence-corrected chi connectivity index (χ4v) is 5.84. The number of amidine groups is 1. The van der Waals surface area contributed by atoms with Crippen molar-refractivity contribution < 1.29 is 9.00 Å². The van der Waals surface area contributed by atoms with Crippen molar-refractivity contribution >= 4 is 34.3 Å². The summed E-state index contributed by atoms with van der Waals surface area (Å²) in [5, 5.41) is 9.89. The number of carbonyl (C=O) groups is 1. The Balaban J connectivity index is 1.29. The number of rotatable bonds is 10. The fraction of sp³-hybridized carbons (Fsp3) is 0.333. The van der Waals surface area contributed by atoms with Crippen LogP contribution in [-0.4, -0.2) is 68.3 Å². The highest BCUT2D eigenvalue weighted by atomic mass is 35.5. The number of nitrogens with zero attached hydrogens (tertiary/aromatic N) is 3. The van der Waals surface area contributed by atoms with Crippen LogP contribution in [0.2, 0.25) is 0 Å². The maximum absolute atomic E-state index is 13.2. The number of hydrogen-bond donors (Lipinski definition) is 2. The van der Waals surface area contributed by atoms with Crippen molar-refractivity contribution in [3.63, 3.8) is 0 Å². The van der Waals surface area contributed by atoms with E-state index in [4.69, 9.17) is 17.0 Å². The molecule has 0 bridgehead atoms. The van der Waals surface area contributed by atoms with Gasteiger partial charge in [0.1, 0.15) is 21.8 Å². The number of aryl methyl sites for hydroxylation is 1. The van der Waals surface area contributed by atoms with Gasteiger partial charge in [0.25, 0.3) is 0 Å². The number of hydrogen-bond acceptors (Lipinski definition) is 3. The van der Waals surface area contributed by atoms with Gasteiger partial charge < -0.3 is 14.8 Å². The van der Waals surface area contributed by atoms with E-state index in [1.807, 2.05) is 80.4 Å². The molecule has 39 heavy (non-hydrogen) atoms. The lowest BCUT2D eigenvalue weighted by molar-refractivity contribution is -0.134. The molecule has 1 aliphatic rings. The van der Waals surface area contributed by atoms with Crippen molar-refractivity contribution in [2.75, 3.05) is 33.2 Å². The Bertz CT molecular complexity index is 1350. The average molecular weight is 566 g/mol. The standard InChI is InChI=1S/C30H36ClN5O2S/c1-22(31)9-12-27-19-28(33-23(27)2)39(38)36-18-17-35(29(37)21-36)20-25-10-13-26(14-11-25)30(32)34(3)16-15-24-7-5-4-6-8-24/h4-11,13-14,19,32-33H,12,15-18,20-21H2,1-3H3/b22-9+,32-30?. The molecule has 1 fully saturated rings. The third-order valence-corrected chi connectivity index (χ3v) is 8.50. The first-order valence-electron chi connectivity index (χ1n) is 13.1. The van der Waals surface area contributed by atoms with Crippen LogP contribution in [0.25, 0.3) is 0 Å². The van der Waals surface area contributed by atoms with E-state index in [9.17, 15) is 9.00 Å². The Labute approximate surface area is 238 Å². The van der Waals surface area contributed by atoms with E-state index in [1.165, 1.54) is 5.56 Å². The molecule has 0 aliphatic carbocycles. The Kier molecular flexibility index (Phi) is 9.78. The molecule has 1 aliphatic heterocycles. The van der Waals surface area contributed by atoms with Gasteiger partial charge in [0.2, 0.25) is 5.91 Å². The van der Waals surface area contributed by atoms with Gasteiger partial charge in [0.15, 0.2) is 0 Å². The molecule has 9 heteroatoms. The molecule has 2 N–H and O–H groups in total. The van der Waals surface area contributed by atoms with Crippen molar-refractivity contribution in [3.05, 3.63) is 99.7 Å². The second-order valence-electron chi connectivity index (χ2n) is 9.91. The molecule has 206 valence electrons. The molecule has 1 unspecified atom stereocenters. The van der Waals surface area contributed by atoms with Crippen LogP contribution in [0, 0.1) is 12.3 Å². The molecule has 7 nitrogen and oxygen atoms in total. The van der Waals surface area contributed by atoms with Crippen molar-refractivity contribution in [3.8, 4) is 0 Å².